The molecule has 1 atom stereocenters. The van der Waals surface area contributed by atoms with Crippen LogP contribution in [0.1, 0.15) is 30.9 Å². The predicted octanol–water partition coefficient (Wildman–Crippen LogP) is 4.08. The lowest BCUT2D eigenvalue weighted by Crippen LogP contribution is -2.41. The Bertz CT molecular complexity index is 699. The molecule has 0 aliphatic carbocycles. The van der Waals surface area contributed by atoms with Gasteiger partial charge < -0.3 is 14.4 Å². The first-order valence-corrected chi connectivity index (χ1v) is 9.85. The quantitative estimate of drug-likeness (QED) is 0.706. The summed E-state index contributed by atoms with van der Waals surface area (Å²) in [5.74, 6) is 1.47. The average molecular weight is 367 g/mol. The van der Waals surface area contributed by atoms with Gasteiger partial charge in [0.05, 0.1) is 26.2 Å². The second-order valence-corrected chi connectivity index (χ2v) is 7.10. The first-order valence-electron chi connectivity index (χ1n) is 9.85. The molecule has 4 nitrogen and oxygen atoms in total. The Kier molecular flexibility index (Phi) is 7.28. The molecule has 4 heteroatoms. The number of benzene rings is 2. The maximum atomic E-state index is 12.7. The number of nitrogens with zero attached hydrogens (tertiary/aromatic N) is 1. The van der Waals surface area contributed by atoms with Gasteiger partial charge in [0.15, 0.2) is 0 Å². The van der Waals surface area contributed by atoms with Crippen LogP contribution in [0.5, 0.6) is 5.75 Å². The van der Waals surface area contributed by atoms with Gasteiger partial charge in [-0.25, -0.2) is 0 Å². The van der Waals surface area contributed by atoms with Crippen LogP contribution in [0, 0.1) is 5.92 Å². The summed E-state index contributed by atoms with van der Waals surface area (Å²) in [6.45, 7) is 5.61. The van der Waals surface area contributed by atoms with Crippen LogP contribution in [0.25, 0.3) is 0 Å². The van der Waals surface area contributed by atoms with Crippen LogP contribution in [-0.2, 0) is 22.6 Å². The van der Waals surface area contributed by atoms with E-state index in [1.165, 1.54) is 5.56 Å². The molecule has 1 fully saturated rings. The minimum absolute atomic E-state index is 0.201. The topological polar surface area (TPSA) is 38.8 Å². The van der Waals surface area contributed by atoms with Gasteiger partial charge in [-0.1, -0.05) is 42.5 Å². The normalized spacial score (nSPS) is 16.9. The van der Waals surface area contributed by atoms with E-state index >= 15 is 0 Å². The van der Waals surface area contributed by atoms with Gasteiger partial charge in [0, 0.05) is 13.1 Å². The SMILES string of the molecule is CCOc1ccc(CC(=O)N2CCCC(COCc3ccccc3)C2)cc1. The highest BCUT2D eigenvalue weighted by Gasteiger charge is 2.23. The van der Waals surface area contributed by atoms with Crippen molar-refractivity contribution in [3.05, 3.63) is 65.7 Å². The molecule has 1 saturated heterocycles. The van der Waals surface area contributed by atoms with Crippen LogP contribution in [0.3, 0.4) is 0 Å². The summed E-state index contributed by atoms with van der Waals surface area (Å²) in [5, 5.41) is 0. The minimum atomic E-state index is 0.201. The minimum Gasteiger partial charge on any atom is -0.494 e. The van der Waals surface area contributed by atoms with Crippen LogP contribution in [-0.4, -0.2) is 37.1 Å². The van der Waals surface area contributed by atoms with E-state index < -0.39 is 0 Å². The summed E-state index contributed by atoms with van der Waals surface area (Å²) in [4.78, 5) is 14.7. The lowest BCUT2D eigenvalue weighted by atomic mass is 9.98. The van der Waals surface area contributed by atoms with Crippen molar-refractivity contribution >= 4 is 5.91 Å². The molecule has 1 heterocycles. The monoisotopic (exact) mass is 367 g/mol. The summed E-state index contributed by atoms with van der Waals surface area (Å²) in [5.41, 5.74) is 2.22. The number of rotatable bonds is 8. The van der Waals surface area contributed by atoms with E-state index in [1.54, 1.807) is 0 Å². The van der Waals surface area contributed by atoms with Crippen molar-refractivity contribution in [2.75, 3.05) is 26.3 Å². The molecule has 2 aromatic carbocycles. The van der Waals surface area contributed by atoms with Gasteiger partial charge in [0.2, 0.25) is 5.91 Å². The van der Waals surface area contributed by atoms with E-state index in [1.807, 2.05) is 54.3 Å². The fraction of sp³-hybridized carbons (Fsp3) is 0.435. The molecular formula is C23H29NO3. The number of amides is 1. The van der Waals surface area contributed by atoms with Crippen molar-refractivity contribution in [1.29, 1.82) is 0 Å². The van der Waals surface area contributed by atoms with Gasteiger partial charge in [-0.2, -0.15) is 0 Å². The first kappa shape index (κ1) is 19.4. The molecule has 1 aliphatic heterocycles. The number of carbonyl (C=O) groups excluding carboxylic acids is 1. The predicted molar refractivity (Wildman–Crippen MR) is 107 cm³/mol. The van der Waals surface area contributed by atoms with Crippen molar-refractivity contribution in [3.63, 3.8) is 0 Å². The molecule has 0 bridgehead atoms. The third-order valence-electron chi connectivity index (χ3n) is 4.93. The van der Waals surface area contributed by atoms with E-state index in [9.17, 15) is 4.79 Å². The lowest BCUT2D eigenvalue weighted by Gasteiger charge is -2.32. The van der Waals surface area contributed by atoms with E-state index in [0.717, 1.165) is 37.2 Å². The maximum absolute atomic E-state index is 12.7. The molecule has 0 radical (unpaired) electrons. The van der Waals surface area contributed by atoms with Crippen molar-refractivity contribution < 1.29 is 14.3 Å². The highest BCUT2D eigenvalue weighted by atomic mass is 16.5. The Morgan fingerprint density at radius 1 is 1.07 bits per heavy atom. The average Bonchev–Trinajstić information content (AvgIpc) is 2.71. The highest BCUT2D eigenvalue weighted by molar-refractivity contribution is 5.78. The van der Waals surface area contributed by atoms with Crippen LogP contribution >= 0.6 is 0 Å². The van der Waals surface area contributed by atoms with Gasteiger partial charge in [-0.15, -0.1) is 0 Å². The second kappa shape index (κ2) is 10.1. The van der Waals surface area contributed by atoms with E-state index in [-0.39, 0.29) is 5.91 Å². The third-order valence-corrected chi connectivity index (χ3v) is 4.93. The van der Waals surface area contributed by atoms with E-state index in [4.69, 9.17) is 9.47 Å². The molecule has 2 aromatic rings. The van der Waals surface area contributed by atoms with Crippen molar-refractivity contribution in [3.8, 4) is 5.75 Å². The standard InChI is InChI=1S/C23H29NO3/c1-2-27-22-12-10-19(11-13-22)15-23(25)24-14-6-9-21(16-24)18-26-17-20-7-4-3-5-8-20/h3-5,7-8,10-13,21H,2,6,9,14-18H2,1H3. The number of hydrogen-bond donors (Lipinski definition) is 0. The molecule has 1 amide bonds. The fourth-order valence-electron chi connectivity index (χ4n) is 3.50. The summed E-state index contributed by atoms with van der Waals surface area (Å²) in [6.07, 6.45) is 2.63. The first-order chi connectivity index (χ1) is 13.2. The largest absolute Gasteiger partial charge is 0.494 e. The number of carbonyl (C=O) groups is 1. The number of likely N-dealkylation sites (tertiary alicyclic amines) is 1. The number of piperidine rings is 1. The Labute approximate surface area is 162 Å². The van der Waals surface area contributed by atoms with Gasteiger partial charge in [0.1, 0.15) is 5.75 Å². The van der Waals surface area contributed by atoms with Gasteiger partial charge in [-0.05, 0) is 48.9 Å². The summed E-state index contributed by atoms with van der Waals surface area (Å²) >= 11 is 0. The van der Waals surface area contributed by atoms with E-state index in [0.29, 0.717) is 32.2 Å². The Morgan fingerprint density at radius 3 is 2.59 bits per heavy atom. The van der Waals surface area contributed by atoms with Crippen LogP contribution in [0.4, 0.5) is 0 Å². The summed E-state index contributed by atoms with van der Waals surface area (Å²) in [6, 6.07) is 18.0. The zero-order valence-corrected chi connectivity index (χ0v) is 16.1. The molecule has 1 aliphatic rings. The van der Waals surface area contributed by atoms with Gasteiger partial charge in [-0.3, -0.25) is 4.79 Å². The Morgan fingerprint density at radius 2 is 1.85 bits per heavy atom. The Hall–Kier alpha value is -2.33. The number of ether oxygens (including phenoxy) is 2. The fourth-order valence-corrected chi connectivity index (χ4v) is 3.50. The molecule has 0 aromatic heterocycles. The molecule has 0 N–H and O–H groups in total. The van der Waals surface area contributed by atoms with Crippen LogP contribution in [0.15, 0.2) is 54.6 Å². The molecule has 1 unspecified atom stereocenters. The molecule has 3 rings (SSSR count). The molecule has 144 valence electrons. The second-order valence-electron chi connectivity index (χ2n) is 7.10. The van der Waals surface area contributed by atoms with Crippen molar-refractivity contribution in [2.45, 2.75) is 32.8 Å². The smallest absolute Gasteiger partial charge is 0.226 e. The third kappa shape index (κ3) is 6.10. The lowest BCUT2D eigenvalue weighted by molar-refractivity contribution is -0.132. The maximum Gasteiger partial charge on any atom is 0.226 e. The van der Waals surface area contributed by atoms with Gasteiger partial charge in [0.25, 0.3) is 0 Å². The highest BCUT2D eigenvalue weighted by Crippen LogP contribution is 2.19. The van der Waals surface area contributed by atoms with Crippen LogP contribution in [0.2, 0.25) is 0 Å². The Balaban J connectivity index is 1.44. The molecule has 0 saturated carbocycles. The molecular weight excluding hydrogens is 338 g/mol. The zero-order valence-electron chi connectivity index (χ0n) is 16.1. The van der Waals surface area contributed by atoms with E-state index in [2.05, 4.69) is 12.1 Å². The van der Waals surface area contributed by atoms with Crippen LogP contribution < -0.4 is 4.74 Å². The van der Waals surface area contributed by atoms with Gasteiger partial charge >= 0.3 is 0 Å². The zero-order chi connectivity index (χ0) is 18.9. The van der Waals surface area contributed by atoms with Crippen molar-refractivity contribution in [2.24, 2.45) is 5.92 Å². The van der Waals surface area contributed by atoms with Crippen molar-refractivity contribution in [1.82, 2.24) is 4.90 Å². The molecule has 0 spiro atoms. The molecule has 27 heavy (non-hydrogen) atoms. The summed E-state index contributed by atoms with van der Waals surface area (Å²) < 4.78 is 11.3. The summed E-state index contributed by atoms with van der Waals surface area (Å²) in [7, 11) is 0. The number of hydrogen-bond acceptors (Lipinski definition) is 3.